The highest BCUT2D eigenvalue weighted by molar-refractivity contribution is 6.32. The van der Waals surface area contributed by atoms with E-state index in [4.69, 9.17) is 16.3 Å². The molecule has 0 amide bonds. The largest absolute Gasteiger partial charge is 0.437 e. The van der Waals surface area contributed by atoms with Crippen LogP contribution in [0.5, 0.6) is 11.6 Å². The predicted molar refractivity (Wildman–Crippen MR) is 74.5 cm³/mol. The van der Waals surface area contributed by atoms with Gasteiger partial charge < -0.3 is 10.1 Å². The van der Waals surface area contributed by atoms with Crippen LogP contribution < -0.4 is 10.1 Å². The molecule has 0 radical (unpaired) electrons. The average molecular weight is 295 g/mol. The van der Waals surface area contributed by atoms with Gasteiger partial charge in [0.1, 0.15) is 11.6 Å². The Labute approximate surface area is 119 Å². The number of aryl methyl sites for hydroxylation is 1. The number of halogens is 1. The molecule has 1 heterocycles. The molecule has 2 rings (SSSR count). The van der Waals surface area contributed by atoms with Gasteiger partial charge in [-0.1, -0.05) is 11.6 Å². The van der Waals surface area contributed by atoms with Crippen molar-refractivity contribution < 1.29 is 9.66 Å². The highest BCUT2D eigenvalue weighted by atomic mass is 35.5. The van der Waals surface area contributed by atoms with Gasteiger partial charge in [0.15, 0.2) is 5.75 Å². The second-order valence-corrected chi connectivity index (χ2v) is 4.27. The number of benzene rings is 1. The van der Waals surface area contributed by atoms with Gasteiger partial charge in [-0.15, -0.1) is 0 Å². The molecule has 0 aliphatic carbocycles. The van der Waals surface area contributed by atoms with Crippen molar-refractivity contribution in [3.8, 4) is 11.6 Å². The number of non-ortho nitro benzene ring substituents is 1. The van der Waals surface area contributed by atoms with E-state index in [9.17, 15) is 10.1 Å². The van der Waals surface area contributed by atoms with Crippen LogP contribution in [-0.2, 0) is 0 Å². The van der Waals surface area contributed by atoms with Crippen LogP contribution in [0.2, 0.25) is 5.02 Å². The molecule has 0 aliphatic rings. The number of hydrogen-bond acceptors (Lipinski definition) is 6. The Kier molecular flexibility index (Phi) is 3.99. The Hall–Kier alpha value is -2.41. The molecule has 0 atom stereocenters. The highest BCUT2D eigenvalue weighted by Gasteiger charge is 2.12. The Balaban J connectivity index is 2.36. The van der Waals surface area contributed by atoms with E-state index in [0.29, 0.717) is 11.6 Å². The van der Waals surface area contributed by atoms with Crippen LogP contribution in [0, 0.1) is 17.0 Å². The number of ether oxygens (including phenoxy) is 1. The summed E-state index contributed by atoms with van der Waals surface area (Å²) in [6.45, 7) is 1.71. The summed E-state index contributed by atoms with van der Waals surface area (Å²) < 4.78 is 5.50. The molecular weight excluding hydrogens is 284 g/mol. The van der Waals surface area contributed by atoms with Crippen molar-refractivity contribution in [2.24, 2.45) is 0 Å². The Morgan fingerprint density at radius 1 is 1.35 bits per heavy atom. The van der Waals surface area contributed by atoms with Crippen molar-refractivity contribution in [2.45, 2.75) is 6.92 Å². The predicted octanol–water partition coefficient (Wildman–Crippen LogP) is 3.18. The minimum atomic E-state index is -0.520. The SMILES string of the molecule is CNc1cc(Oc2cc([N+](=O)[O-])ccc2Cl)nc(C)n1. The molecule has 0 bridgehead atoms. The van der Waals surface area contributed by atoms with E-state index in [1.165, 1.54) is 18.2 Å². The zero-order valence-corrected chi connectivity index (χ0v) is 11.5. The third-order valence-corrected chi connectivity index (χ3v) is 2.72. The number of rotatable bonds is 4. The van der Waals surface area contributed by atoms with E-state index in [1.807, 2.05) is 0 Å². The number of aromatic nitrogens is 2. The summed E-state index contributed by atoms with van der Waals surface area (Å²) in [5.74, 6) is 1.51. The zero-order chi connectivity index (χ0) is 14.7. The van der Waals surface area contributed by atoms with E-state index < -0.39 is 4.92 Å². The van der Waals surface area contributed by atoms with Gasteiger partial charge in [-0.2, -0.15) is 4.98 Å². The lowest BCUT2D eigenvalue weighted by atomic mass is 10.3. The lowest BCUT2D eigenvalue weighted by Crippen LogP contribution is -1.99. The first-order valence-electron chi connectivity index (χ1n) is 5.65. The fraction of sp³-hybridized carbons (Fsp3) is 0.167. The quantitative estimate of drug-likeness (QED) is 0.688. The molecule has 20 heavy (non-hydrogen) atoms. The normalized spacial score (nSPS) is 10.2. The number of nitrogens with zero attached hydrogens (tertiary/aromatic N) is 3. The molecule has 0 unspecified atom stereocenters. The van der Waals surface area contributed by atoms with E-state index in [-0.39, 0.29) is 22.3 Å². The topological polar surface area (TPSA) is 90.2 Å². The monoisotopic (exact) mass is 294 g/mol. The number of anilines is 1. The van der Waals surface area contributed by atoms with Crippen LogP contribution in [0.15, 0.2) is 24.3 Å². The van der Waals surface area contributed by atoms with Crippen LogP contribution >= 0.6 is 11.6 Å². The summed E-state index contributed by atoms with van der Waals surface area (Å²) >= 11 is 5.96. The fourth-order valence-corrected chi connectivity index (χ4v) is 1.67. The number of nitrogens with one attached hydrogen (secondary N) is 1. The molecule has 7 nitrogen and oxygen atoms in total. The van der Waals surface area contributed by atoms with Gasteiger partial charge >= 0.3 is 0 Å². The molecule has 2 aromatic rings. The van der Waals surface area contributed by atoms with E-state index in [1.54, 1.807) is 20.0 Å². The maximum atomic E-state index is 10.7. The van der Waals surface area contributed by atoms with Gasteiger partial charge in [0.2, 0.25) is 5.88 Å². The molecule has 0 spiro atoms. The Morgan fingerprint density at radius 2 is 2.10 bits per heavy atom. The molecule has 0 saturated heterocycles. The Morgan fingerprint density at radius 3 is 2.75 bits per heavy atom. The molecular formula is C12H11ClN4O3. The molecule has 1 aromatic carbocycles. The summed E-state index contributed by atoms with van der Waals surface area (Å²) in [6.07, 6.45) is 0. The van der Waals surface area contributed by atoms with Gasteiger partial charge in [0, 0.05) is 19.2 Å². The van der Waals surface area contributed by atoms with Crippen molar-refractivity contribution in [1.29, 1.82) is 0 Å². The first-order valence-corrected chi connectivity index (χ1v) is 6.02. The molecule has 0 aliphatic heterocycles. The molecule has 1 aromatic heterocycles. The van der Waals surface area contributed by atoms with E-state index in [2.05, 4.69) is 15.3 Å². The summed E-state index contributed by atoms with van der Waals surface area (Å²) in [5.41, 5.74) is -0.107. The highest BCUT2D eigenvalue weighted by Crippen LogP contribution is 2.32. The summed E-state index contributed by atoms with van der Waals surface area (Å²) in [7, 11) is 1.71. The Bertz CT molecular complexity index is 663. The second-order valence-electron chi connectivity index (χ2n) is 3.86. The van der Waals surface area contributed by atoms with Crippen molar-refractivity contribution in [2.75, 3.05) is 12.4 Å². The van der Waals surface area contributed by atoms with Gasteiger partial charge in [-0.3, -0.25) is 10.1 Å². The number of nitro groups is 1. The number of hydrogen-bond donors (Lipinski definition) is 1. The lowest BCUT2D eigenvalue weighted by Gasteiger charge is -2.08. The van der Waals surface area contributed by atoms with Crippen molar-refractivity contribution in [3.05, 3.63) is 45.2 Å². The molecule has 0 fully saturated rings. The summed E-state index contributed by atoms with van der Waals surface area (Å²) in [6, 6.07) is 5.53. The van der Waals surface area contributed by atoms with Gasteiger partial charge in [0.05, 0.1) is 16.0 Å². The zero-order valence-electron chi connectivity index (χ0n) is 10.8. The van der Waals surface area contributed by atoms with Crippen LogP contribution in [0.4, 0.5) is 11.5 Å². The molecule has 8 heteroatoms. The smallest absolute Gasteiger partial charge is 0.273 e. The average Bonchev–Trinajstić information content (AvgIpc) is 2.40. The van der Waals surface area contributed by atoms with E-state index >= 15 is 0 Å². The standard InChI is InChI=1S/C12H11ClN4O3/c1-7-15-11(14-2)6-12(16-7)20-10-5-8(17(18)19)3-4-9(10)13/h3-6H,1-2H3,(H,14,15,16). The molecule has 1 N–H and O–H groups in total. The van der Waals surface area contributed by atoms with Crippen molar-refractivity contribution in [3.63, 3.8) is 0 Å². The van der Waals surface area contributed by atoms with E-state index in [0.717, 1.165) is 0 Å². The summed E-state index contributed by atoms with van der Waals surface area (Å²) in [4.78, 5) is 18.4. The van der Waals surface area contributed by atoms with Gasteiger partial charge in [-0.05, 0) is 13.0 Å². The first kappa shape index (κ1) is 14.0. The summed E-state index contributed by atoms with van der Waals surface area (Å²) in [5, 5.41) is 13.9. The van der Waals surface area contributed by atoms with Crippen LogP contribution in [0.3, 0.4) is 0 Å². The maximum absolute atomic E-state index is 10.7. The second kappa shape index (κ2) is 5.70. The third kappa shape index (κ3) is 3.12. The molecule has 0 saturated carbocycles. The van der Waals surface area contributed by atoms with Crippen LogP contribution in [0.25, 0.3) is 0 Å². The fourth-order valence-electron chi connectivity index (χ4n) is 1.52. The minimum absolute atomic E-state index is 0.107. The maximum Gasteiger partial charge on any atom is 0.273 e. The van der Waals surface area contributed by atoms with Gasteiger partial charge in [0.25, 0.3) is 5.69 Å². The number of nitro benzene ring substituents is 1. The first-order chi connectivity index (χ1) is 9.49. The third-order valence-electron chi connectivity index (χ3n) is 2.41. The molecule has 104 valence electrons. The minimum Gasteiger partial charge on any atom is -0.437 e. The van der Waals surface area contributed by atoms with Crippen molar-refractivity contribution >= 4 is 23.1 Å². The lowest BCUT2D eigenvalue weighted by molar-refractivity contribution is -0.384. The van der Waals surface area contributed by atoms with Crippen LogP contribution in [-0.4, -0.2) is 21.9 Å². The van der Waals surface area contributed by atoms with Crippen molar-refractivity contribution in [1.82, 2.24) is 9.97 Å². The van der Waals surface area contributed by atoms with Crippen LogP contribution in [0.1, 0.15) is 5.82 Å². The van der Waals surface area contributed by atoms with Gasteiger partial charge in [-0.25, -0.2) is 4.98 Å².